The fourth-order valence-electron chi connectivity index (χ4n) is 1.59. The fraction of sp³-hybridized carbons (Fsp3) is 0.385. The van der Waals surface area contributed by atoms with Gasteiger partial charge in [0.15, 0.2) is 9.84 Å². The molecule has 0 unspecified atom stereocenters. The van der Waals surface area contributed by atoms with Crippen LogP contribution in [0, 0.1) is 5.82 Å². The van der Waals surface area contributed by atoms with E-state index in [4.69, 9.17) is 0 Å². The molecular weight excluding hydrogens is 313 g/mol. The van der Waals surface area contributed by atoms with Crippen molar-refractivity contribution in [2.75, 3.05) is 17.6 Å². The molecule has 1 N–H and O–H groups in total. The number of aromatic nitrogens is 2. The van der Waals surface area contributed by atoms with E-state index in [1.165, 1.54) is 23.5 Å². The Hall–Kier alpha value is -1.54. The van der Waals surface area contributed by atoms with Gasteiger partial charge >= 0.3 is 0 Å². The van der Waals surface area contributed by atoms with E-state index in [-0.39, 0.29) is 17.2 Å². The minimum absolute atomic E-state index is 0.0881. The van der Waals surface area contributed by atoms with Crippen molar-refractivity contribution in [1.82, 2.24) is 10.2 Å². The first-order valence-corrected chi connectivity index (χ1v) is 8.91. The Bertz CT molecular complexity index is 696. The van der Waals surface area contributed by atoms with Crippen molar-refractivity contribution >= 4 is 26.3 Å². The molecule has 1 aromatic heterocycles. The summed E-state index contributed by atoms with van der Waals surface area (Å²) in [6.45, 7) is 4.26. The lowest BCUT2D eigenvalue weighted by atomic mass is 10.2. The van der Waals surface area contributed by atoms with Crippen LogP contribution in [0.5, 0.6) is 0 Å². The Morgan fingerprint density at radius 3 is 2.48 bits per heavy atom. The first kappa shape index (κ1) is 15.8. The third kappa shape index (κ3) is 4.21. The number of benzene rings is 1. The third-order valence-corrected chi connectivity index (χ3v) is 5.67. The second-order valence-corrected chi connectivity index (χ2v) is 7.92. The summed E-state index contributed by atoms with van der Waals surface area (Å²) in [4.78, 5) is 0.117. The molecule has 2 rings (SSSR count). The van der Waals surface area contributed by atoms with Crippen molar-refractivity contribution in [2.24, 2.45) is 0 Å². The molecule has 0 amide bonds. The monoisotopic (exact) mass is 329 g/mol. The van der Waals surface area contributed by atoms with Gasteiger partial charge in [-0.2, -0.15) is 0 Å². The zero-order valence-electron chi connectivity index (χ0n) is 11.7. The maximum absolute atomic E-state index is 12.8. The summed E-state index contributed by atoms with van der Waals surface area (Å²) in [6.07, 6.45) is 0. The van der Waals surface area contributed by atoms with E-state index in [1.54, 1.807) is 0 Å². The summed E-state index contributed by atoms with van der Waals surface area (Å²) < 4.78 is 36.9. The van der Waals surface area contributed by atoms with Crippen LogP contribution in [0.4, 0.5) is 9.52 Å². The van der Waals surface area contributed by atoms with Crippen LogP contribution in [-0.2, 0) is 9.84 Å². The highest BCUT2D eigenvalue weighted by molar-refractivity contribution is 7.91. The zero-order valence-corrected chi connectivity index (χ0v) is 13.3. The minimum atomic E-state index is -3.43. The summed E-state index contributed by atoms with van der Waals surface area (Å²) in [5.74, 6) is -0.252. The first-order chi connectivity index (χ1) is 9.88. The standard InChI is InChI=1S/C13H16FN3O2S2/c1-9(2)12-16-17-13(20-12)15-7-8-21(18,19)11-5-3-10(14)4-6-11/h3-6,9H,7-8H2,1-2H3,(H,15,17). The highest BCUT2D eigenvalue weighted by Gasteiger charge is 2.14. The van der Waals surface area contributed by atoms with E-state index in [1.807, 2.05) is 13.8 Å². The second kappa shape index (κ2) is 6.48. The van der Waals surface area contributed by atoms with Crippen LogP contribution < -0.4 is 5.32 Å². The van der Waals surface area contributed by atoms with Crippen molar-refractivity contribution in [3.8, 4) is 0 Å². The molecule has 0 fully saturated rings. The number of anilines is 1. The Morgan fingerprint density at radius 1 is 1.24 bits per heavy atom. The van der Waals surface area contributed by atoms with Gasteiger partial charge in [0, 0.05) is 12.5 Å². The average molecular weight is 329 g/mol. The van der Waals surface area contributed by atoms with Gasteiger partial charge in [-0.3, -0.25) is 0 Å². The topological polar surface area (TPSA) is 72.0 Å². The molecule has 1 heterocycles. The SMILES string of the molecule is CC(C)c1nnc(NCCS(=O)(=O)c2ccc(F)cc2)s1. The molecule has 114 valence electrons. The number of sulfone groups is 1. The molecule has 0 spiro atoms. The van der Waals surface area contributed by atoms with E-state index in [0.29, 0.717) is 11.0 Å². The molecule has 21 heavy (non-hydrogen) atoms. The van der Waals surface area contributed by atoms with Crippen molar-refractivity contribution in [3.63, 3.8) is 0 Å². The Balaban J connectivity index is 1.94. The highest BCUT2D eigenvalue weighted by atomic mass is 32.2. The maximum Gasteiger partial charge on any atom is 0.205 e. The Labute approximate surface area is 127 Å². The molecule has 0 saturated carbocycles. The van der Waals surface area contributed by atoms with Gasteiger partial charge in [-0.1, -0.05) is 25.2 Å². The lowest BCUT2D eigenvalue weighted by Gasteiger charge is -2.05. The molecule has 2 aromatic rings. The van der Waals surface area contributed by atoms with E-state index in [0.717, 1.165) is 17.1 Å². The zero-order chi connectivity index (χ0) is 15.5. The third-order valence-electron chi connectivity index (χ3n) is 2.75. The highest BCUT2D eigenvalue weighted by Crippen LogP contribution is 2.22. The Kier molecular flexibility index (Phi) is 4.89. The summed E-state index contributed by atoms with van der Waals surface area (Å²) >= 11 is 1.41. The smallest absolute Gasteiger partial charge is 0.205 e. The van der Waals surface area contributed by atoms with Crippen molar-refractivity contribution < 1.29 is 12.8 Å². The van der Waals surface area contributed by atoms with E-state index >= 15 is 0 Å². The van der Waals surface area contributed by atoms with Crippen LogP contribution in [0.2, 0.25) is 0 Å². The predicted molar refractivity (Wildman–Crippen MR) is 80.9 cm³/mol. The van der Waals surface area contributed by atoms with Crippen LogP contribution in [0.25, 0.3) is 0 Å². The van der Waals surface area contributed by atoms with Crippen LogP contribution >= 0.6 is 11.3 Å². The van der Waals surface area contributed by atoms with Gasteiger partial charge in [-0.15, -0.1) is 10.2 Å². The van der Waals surface area contributed by atoms with Gasteiger partial charge < -0.3 is 5.32 Å². The summed E-state index contributed by atoms with van der Waals surface area (Å²) in [5.41, 5.74) is 0. The van der Waals surface area contributed by atoms with Crippen LogP contribution in [-0.4, -0.2) is 30.9 Å². The molecular formula is C13H16FN3O2S2. The van der Waals surface area contributed by atoms with Crippen LogP contribution in [0.1, 0.15) is 24.8 Å². The fourth-order valence-corrected chi connectivity index (χ4v) is 3.52. The first-order valence-electron chi connectivity index (χ1n) is 6.44. The van der Waals surface area contributed by atoms with Gasteiger partial charge in [0.05, 0.1) is 10.6 Å². The van der Waals surface area contributed by atoms with Gasteiger partial charge in [0.1, 0.15) is 10.8 Å². The molecule has 0 atom stereocenters. The molecule has 0 aliphatic rings. The van der Waals surface area contributed by atoms with Crippen molar-refractivity contribution in [1.29, 1.82) is 0 Å². The molecule has 0 radical (unpaired) electrons. The molecule has 0 bridgehead atoms. The predicted octanol–water partition coefficient (Wildman–Crippen LogP) is 2.69. The van der Waals surface area contributed by atoms with Crippen LogP contribution in [0.15, 0.2) is 29.2 Å². The number of hydrogen-bond donors (Lipinski definition) is 1. The average Bonchev–Trinajstić information content (AvgIpc) is 2.88. The number of nitrogens with one attached hydrogen (secondary N) is 1. The van der Waals surface area contributed by atoms with Crippen LogP contribution in [0.3, 0.4) is 0 Å². The van der Waals surface area contributed by atoms with Crippen molar-refractivity contribution in [3.05, 3.63) is 35.1 Å². The second-order valence-electron chi connectivity index (χ2n) is 4.80. The maximum atomic E-state index is 12.8. The van der Waals surface area contributed by atoms with E-state index in [2.05, 4.69) is 15.5 Å². The normalized spacial score (nSPS) is 11.8. The molecule has 0 saturated heterocycles. The summed E-state index contributed by atoms with van der Waals surface area (Å²) in [6, 6.07) is 4.82. The molecule has 8 heteroatoms. The van der Waals surface area contributed by atoms with Gasteiger partial charge in [-0.05, 0) is 24.3 Å². The van der Waals surface area contributed by atoms with Gasteiger partial charge in [0.25, 0.3) is 0 Å². The lowest BCUT2D eigenvalue weighted by molar-refractivity contribution is 0.595. The number of nitrogens with zero attached hydrogens (tertiary/aromatic N) is 2. The van der Waals surface area contributed by atoms with Gasteiger partial charge in [0.2, 0.25) is 5.13 Å². The van der Waals surface area contributed by atoms with Gasteiger partial charge in [-0.25, -0.2) is 12.8 Å². The molecule has 1 aromatic carbocycles. The quantitative estimate of drug-likeness (QED) is 0.825. The Morgan fingerprint density at radius 2 is 1.90 bits per heavy atom. The van der Waals surface area contributed by atoms with Crippen molar-refractivity contribution in [2.45, 2.75) is 24.7 Å². The summed E-state index contributed by atoms with van der Waals surface area (Å²) in [5, 5.41) is 12.4. The van der Waals surface area contributed by atoms with E-state index < -0.39 is 15.7 Å². The minimum Gasteiger partial charge on any atom is -0.359 e. The molecule has 0 aliphatic carbocycles. The number of rotatable bonds is 6. The summed E-state index contributed by atoms with van der Waals surface area (Å²) in [7, 11) is -3.43. The lowest BCUT2D eigenvalue weighted by Crippen LogP contribution is -2.15. The largest absolute Gasteiger partial charge is 0.359 e. The number of halogens is 1. The number of hydrogen-bond acceptors (Lipinski definition) is 6. The van der Waals surface area contributed by atoms with E-state index in [9.17, 15) is 12.8 Å². The molecule has 5 nitrogen and oxygen atoms in total. The molecule has 0 aliphatic heterocycles.